The summed E-state index contributed by atoms with van der Waals surface area (Å²) in [5.41, 5.74) is 3.04. The Kier molecular flexibility index (Phi) is 9.03. The molecule has 4 aromatic carbocycles. The minimum atomic E-state index is -0.820. The van der Waals surface area contributed by atoms with Gasteiger partial charge in [-0.3, -0.25) is 9.36 Å². The lowest BCUT2D eigenvalue weighted by molar-refractivity contribution is -0.139. The number of carbonyl (C=O) groups is 1. The Morgan fingerprint density at radius 2 is 1.70 bits per heavy atom. The predicted molar refractivity (Wildman–Crippen MR) is 179 cm³/mol. The van der Waals surface area contributed by atoms with E-state index in [-0.39, 0.29) is 17.7 Å². The zero-order valence-electron chi connectivity index (χ0n) is 26.1. The molecule has 2 heterocycles. The molecule has 0 amide bonds. The lowest BCUT2D eigenvalue weighted by atomic mass is 9.94. The van der Waals surface area contributed by atoms with Crippen LogP contribution in [-0.4, -0.2) is 30.9 Å². The van der Waals surface area contributed by atoms with Gasteiger partial charge in [0.15, 0.2) is 16.3 Å². The summed E-state index contributed by atoms with van der Waals surface area (Å²) in [5, 5.41) is 2.34. The predicted octanol–water partition coefficient (Wildman–Crippen LogP) is 5.94. The molecule has 9 heteroatoms. The van der Waals surface area contributed by atoms with Crippen LogP contribution < -0.4 is 29.1 Å². The second-order valence-corrected chi connectivity index (χ2v) is 11.6. The number of esters is 1. The van der Waals surface area contributed by atoms with Crippen molar-refractivity contribution < 1.29 is 23.7 Å². The van der Waals surface area contributed by atoms with Gasteiger partial charge in [0, 0.05) is 5.56 Å². The second-order valence-electron chi connectivity index (χ2n) is 10.6. The summed E-state index contributed by atoms with van der Waals surface area (Å²) < 4.78 is 25.2. The second kappa shape index (κ2) is 13.5. The van der Waals surface area contributed by atoms with Crippen LogP contribution in [0.2, 0.25) is 0 Å². The first kappa shape index (κ1) is 30.9. The summed E-state index contributed by atoms with van der Waals surface area (Å²) in [5.74, 6) is 1.15. The van der Waals surface area contributed by atoms with Gasteiger partial charge in [0.1, 0.15) is 18.4 Å². The molecule has 1 aliphatic rings. The fourth-order valence-corrected chi connectivity index (χ4v) is 6.73. The van der Waals surface area contributed by atoms with Crippen molar-refractivity contribution in [2.45, 2.75) is 33.4 Å². The number of nitrogens with zero attached hydrogens (tertiary/aromatic N) is 2. The molecule has 1 aliphatic heterocycles. The first-order chi connectivity index (χ1) is 22.4. The largest absolute Gasteiger partial charge is 0.493 e. The molecule has 0 N–H and O–H groups in total. The number of hydrogen-bond acceptors (Lipinski definition) is 8. The first-order valence-corrected chi connectivity index (χ1v) is 15.9. The number of allylic oxidation sites excluding steroid dienone is 1. The van der Waals surface area contributed by atoms with Crippen LogP contribution >= 0.6 is 11.3 Å². The first-order valence-electron chi connectivity index (χ1n) is 15.1. The maximum Gasteiger partial charge on any atom is 0.338 e. The Hall–Kier alpha value is -5.15. The molecule has 1 atom stereocenters. The SMILES string of the molecule is CCOC(=O)C1=C(C)N=c2s/c(=C/c3ccc(OCc4cccc5ccccc45)cc3)c(=O)n2[C@H]1c1cccc(OC)c1OCC. The highest BCUT2D eigenvalue weighted by atomic mass is 32.1. The van der Waals surface area contributed by atoms with Crippen LogP contribution in [0.15, 0.2) is 106 Å². The third-order valence-electron chi connectivity index (χ3n) is 7.78. The topological polar surface area (TPSA) is 88.4 Å². The van der Waals surface area contributed by atoms with E-state index in [1.807, 2.05) is 67.6 Å². The van der Waals surface area contributed by atoms with Crippen molar-refractivity contribution in [3.63, 3.8) is 0 Å². The minimum Gasteiger partial charge on any atom is -0.493 e. The number of ether oxygens (including phenoxy) is 4. The highest BCUT2D eigenvalue weighted by molar-refractivity contribution is 7.07. The Morgan fingerprint density at radius 3 is 2.46 bits per heavy atom. The monoisotopic (exact) mass is 634 g/mol. The van der Waals surface area contributed by atoms with Crippen molar-refractivity contribution in [1.82, 2.24) is 4.57 Å². The molecule has 46 heavy (non-hydrogen) atoms. The van der Waals surface area contributed by atoms with Crippen molar-refractivity contribution in [1.29, 1.82) is 0 Å². The standard InChI is InChI=1S/C37H34N2O6S/c1-5-43-34-29(15-10-16-30(34)42-4)33-32(36(41)44-6-2)23(3)38-37-39(33)35(40)31(46-37)21-24-17-19-27(20-18-24)45-22-26-13-9-12-25-11-7-8-14-28(25)26/h7-21,33H,5-6,22H2,1-4H3/b31-21+/t33-/m0/s1. The average molecular weight is 635 g/mol. The minimum absolute atomic E-state index is 0.185. The molecule has 0 unspecified atom stereocenters. The molecule has 5 aromatic rings. The van der Waals surface area contributed by atoms with Crippen molar-refractivity contribution in [2.24, 2.45) is 4.99 Å². The molecule has 8 nitrogen and oxygen atoms in total. The van der Waals surface area contributed by atoms with Gasteiger partial charge in [-0.2, -0.15) is 0 Å². The van der Waals surface area contributed by atoms with E-state index >= 15 is 0 Å². The molecule has 1 aromatic heterocycles. The van der Waals surface area contributed by atoms with Gasteiger partial charge < -0.3 is 18.9 Å². The third-order valence-corrected chi connectivity index (χ3v) is 8.76. The summed E-state index contributed by atoms with van der Waals surface area (Å²) >= 11 is 1.27. The molecule has 0 bridgehead atoms. The van der Waals surface area contributed by atoms with Crippen LogP contribution in [0, 0.1) is 0 Å². The van der Waals surface area contributed by atoms with Gasteiger partial charge in [0.25, 0.3) is 5.56 Å². The number of benzene rings is 4. The molecule has 0 spiro atoms. The summed E-state index contributed by atoms with van der Waals surface area (Å²) in [4.78, 5) is 32.6. The molecule has 0 saturated heterocycles. The fourth-order valence-electron chi connectivity index (χ4n) is 5.68. The Morgan fingerprint density at radius 1 is 0.935 bits per heavy atom. The highest BCUT2D eigenvalue weighted by Crippen LogP contribution is 2.40. The molecule has 6 rings (SSSR count). The summed E-state index contributed by atoms with van der Waals surface area (Å²) in [6, 6.07) is 26.7. The van der Waals surface area contributed by atoms with Crippen LogP contribution in [0.4, 0.5) is 0 Å². The fraction of sp³-hybridized carbons (Fsp3) is 0.216. The quantitative estimate of drug-likeness (QED) is 0.177. The Labute approximate surface area is 270 Å². The molecule has 0 fully saturated rings. The van der Waals surface area contributed by atoms with E-state index in [0.29, 0.717) is 45.3 Å². The van der Waals surface area contributed by atoms with E-state index in [1.54, 1.807) is 31.6 Å². The number of thiazole rings is 1. The highest BCUT2D eigenvalue weighted by Gasteiger charge is 2.36. The molecular weight excluding hydrogens is 600 g/mol. The maximum atomic E-state index is 14.1. The smallest absolute Gasteiger partial charge is 0.338 e. The molecule has 234 valence electrons. The number of fused-ring (bicyclic) bond motifs is 2. The number of carbonyl (C=O) groups excluding carboxylic acids is 1. The average Bonchev–Trinajstić information content (AvgIpc) is 3.37. The van der Waals surface area contributed by atoms with Crippen molar-refractivity contribution in [3.05, 3.63) is 133 Å². The number of methoxy groups -OCH3 is 1. The third kappa shape index (κ3) is 5.93. The van der Waals surface area contributed by atoms with Crippen LogP contribution in [0.3, 0.4) is 0 Å². The van der Waals surface area contributed by atoms with Gasteiger partial charge in [-0.25, -0.2) is 9.79 Å². The van der Waals surface area contributed by atoms with Crippen molar-refractivity contribution >= 4 is 34.2 Å². The normalized spacial score (nSPS) is 14.5. The zero-order chi connectivity index (χ0) is 32.2. The molecule has 0 aliphatic carbocycles. The molecule has 0 saturated carbocycles. The van der Waals surface area contributed by atoms with Gasteiger partial charge in [0.2, 0.25) is 0 Å². The van der Waals surface area contributed by atoms with Crippen LogP contribution in [-0.2, 0) is 16.1 Å². The van der Waals surface area contributed by atoms with Crippen molar-refractivity contribution in [3.8, 4) is 17.2 Å². The summed E-state index contributed by atoms with van der Waals surface area (Å²) in [6.45, 7) is 6.37. The maximum absolute atomic E-state index is 14.1. The zero-order valence-corrected chi connectivity index (χ0v) is 26.9. The lowest BCUT2D eigenvalue weighted by Gasteiger charge is -2.26. The van der Waals surface area contributed by atoms with Gasteiger partial charge >= 0.3 is 5.97 Å². The van der Waals surface area contributed by atoms with E-state index in [2.05, 4.69) is 29.3 Å². The lowest BCUT2D eigenvalue weighted by Crippen LogP contribution is -2.40. The number of para-hydroxylation sites is 1. The Bertz CT molecular complexity index is 2120. The summed E-state index contributed by atoms with van der Waals surface area (Å²) in [7, 11) is 1.56. The van der Waals surface area contributed by atoms with E-state index in [1.165, 1.54) is 22.1 Å². The van der Waals surface area contributed by atoms with Crippen LogP contribution in [0.25, 0.3) is 16.8 Å². The van der Waals surface area contributed by atoms with E-state index < -0.39 is 12.0 Å². The van der Waals surface area contributed by atoms with Crippen molar-refractivity contribution in [2.75, 3.05) is 20.3 Å². The molecule has 0 radical (unpaired) electrons. The van der Waals surface area contributed by atoms with E-state index in [4.69, 9.17) is 18.9 Å². The van der Waals surface area contributed by atoms with Crippen LogP contribution in [0.1, 0.15) is 43.5 Å². The summed E-state index contributed by atoms with van der Waals surface area (Å²) in [6.07, 6.45) is 1.83. The van der Waals surface area contributed by atoms with Gasteiger partial charge in [-0.1, -0.05) is 78.1 Å². The number of rotatable bonds is 10. The van der Waals surface area contributed by atoms with Gasteiger partial charge in [0.05, 0.1) is 36.1 Å². The van der Waals surface area contributed by atoms with Crippen LogP contribution in [0.5, 0.6) is 17.2 Å². The number of hydrogen-bond donors (Lipinski definition) is 0. The van der Waals surface area contributed by atoms with E-state index in [9.17, 15) is 9.59 Å². The molecular formula is C37H34N2O6S. The van der Waals surface area contributed by atoms with Gasteiger partial charge in [-0.15, -0.1) is 0 Å². The van der Waals surface area contributed by atoms with E-state index in [0.717, 1.165) is 16.9 Å². The van der Waals surface area contributed by atoms with Gasteiger partial charge in [-0.05, 0) is 66.9 Å². The number of aromatic nitrogens is 1. The Balaban J connectivity index is 1.36.